The van der Waals surface area contributed by atoms with E-state index in [0.29, 0.717) is 17.8 Å². The molecule has 0 aliphatic carbocycles. The van der Waals surface area contributed by atoms with E-state index >= 15 is 0 Å². The Labute approximate surface area is 186 Å². The summed E-state index contributed by atoms with van der Waals surface area (Å²) < 4.78 is 26.9. The third kappa shape index (κ3) is 6.08. The van der Waals surface area contributed by atoms with Crippen molar-refractivity contribution >= 4 is 21.6 Å². The quantitative estimate of drug-likeness (QED) is 0.633. The van der Waals surface area contributed by atoms with Gasteiger partial charge in [0.15, 0.2) is 0 Å². The monoisotopic (exact) mass is 443 g/mol. The molecule has 1 saturated heterocycles. The van der Waals surface area contributed by atoms with Crippen molar-refractivity contribution in [2.75, 3.05) is 37.5 Å². The molecule has 1 heterocycles. The average Bonchev–Trinajstić information content (AvgIpc) is 2.76. The van der Waals surface area contributed by atoms with Crippen molar-refractivity contribution < 1.29 is 13.2 Å². The van der Waals surface area contributed by atoms with Gasteiger partial charge in [0, 0.05) is 32.2 Å². The first-order valence-electron chi connectivity index (χ1n) is 10.9. The summed E-state index contributed by atoms with van der Waals surface area (Å²) in [6.45, 7) is 8.43. The zero-order valence-corrected chi connectivity index (χ0v) is 19.4. The Morgan fingerprint density at radius 3 is 2.42 bits per heavy atom. The minimum atomic E-state index is -3.68. The van der Waals surface area contributed by atoms with Gasteiger partial charge in [0.1, 0.15) is 0 Å². The molecule has 2 aromatic carbocycles. The van der Waals surface area contributed by atoms with Gasteiger partial charge in [-0.05, 0) is 61.6 Å². The smallest absolute Gasteiger partial charge is 0.264 e. The molecule has 7 heteroatoms. The van der Waals surface area contributed by atoms with E-state index in [2.05, 4.69) is 24.1 Å². The van der Waals surface area contributed by atoms with Gasteiger partial charge in [0.2, 0.25) is 0 Å². The van der Waals surface area contributed by atoms with Crippen molar-refractivity contribution in [3.05, 3.63) is 60.2 Å². The largest absolute Gasteiger partial charge is 0.352 e. The molecule has 2 aromatic rings. The Bertz CT molecular complexity index is 969. The lowest BCUT2D eigenvalue weighted by molar-refractivity contribution is 0.0947. The van der Waals surface area contributed by atoms with Crippen molar-refractivity contribution in [1.29, 1.82) is 0 Å². The van der Waals surface area contributed by atoms with Gasteiger partial charge >= 0.3 is 0 Å². The number of piperidine rings is 1. The summed E-state index contributed by atoms with van der Waals surface area (Å²) in [5, 5.41) is 2.96. The molecule has 2 atom stereocenters. The molecule has 2 unspecified atom stereocenters. The predicted octanol–water partition coefficient (Wildman–Crippen LogP) is 3.61. The van der Waals surface area contributed by atoms with E-state index in [9.17, 15) is 13.2 Å². The summed E-state index contributed by atoms with van der Waals surface area (Å²) in [6, 6.07) is 15.0. The fraction of sp³-hybridized carbons (Fsp3) is 0.458. The molecule has 0 aromatic heterocycles. The zero-order valence-electron chi connectivity index (χ0n) is 18.6. The minimum Gasteiger partial charge on any atom is -0.352 e. The van der Waals surface area contributed by atoms with Crippen molar-refractivity contribution in [1.82, 2.24) is 10.2 Å². The molecule has 3 rings (SSSR count). The van der Waals surface area contributed by atoms with Gasteiger partial charge in [-0.2, -0.15) is 0 Å². The first kappa shape index (κ1) is 23.3. The molecule has 1 aliphatic heterocycles. The summed E-state index contributed by atoms with van der Waals surface area (Å²) in [5.74, 6) is 1.27. The van der Waals surface area contributed by atoms with Crippen LogP contribution in [-0.2, 0) is 10.0 Å². The molecule has 1 aliphatic rings. The number of nitrogens with zero attached hydrogens (tertiary/aromatic N) is 2. The molecule has 6 nitrogen and oxygen atoms in total. The lowest BCUT2D eigenvalue weighted by Gasteiger charge is -2.34. The molecule has 0 bridgehead atoms. The third-order valence-corrected chi connectivity index (χ3v) is 7.55. The molecule has 31 heavy (non-hydrogen) atoms. The number of likely N-dealkylation sites (tertiary alicyclic amines) is 1. The van der Waals surface area contributed by atoms with Crippen LogP contribution in [0.4, 0.5) is 5.69 Å². The summed E-state index contributed by atoms with van der Waals surface area (Å²) in [5.41, 5.74) is 0.903. The fourth-order valence-electron chi connectivity index (χ4n) is 4.31. The lowest BCUT2D eigenvalue weighted by Crippen LogP contribution is -2.40. The van der Waals surface area contributed by atoms with Gasteiger partial charge in [-0.15, -0.1) is 0 Å². The molecular weight excluding hydrogens is 410 g/mol. The SMILES string of the molecule is CC1CC(C)CN(CCCNC(=O)c2cccc(N(C)S(=O)(=O)c3ccccc3)c2)C1. The van der Waals surface area contributed by atoms with Crippen LogP contribution in [-0.4, -0.2) is 52.5 Å². The maximum atomic E-state index is 12.8. The van der Waals surface area contributed by atoms with Crippen molar-refractivity contribution in [2.45, 2.75) is 31.6 Å². The number of sulfonamides is 1. The molecule has 1 amide bonds. The van der Waals surface area contributed by atoms with Gasteiger partial charge in [-0.1, -0.05) is 38.1 Å². The Kier molecular flexibility index (Phi) is 7.73. The molecule has 168 valence electrons. The van der Waals surface area contributed by atoms with E-state index in [1.54, 1.807) is 54.6 Å². The third-order valence-electron chi connectivity index (χ3n) is 5.75. The number of nitrogens with one attached hydrogen (secondary N) is 1. The highest BCUT2D eigenvalue weighted by Crippen LogP contribution is 2.23. The molecular formula is C24H33N3O3S. The maximum Gasteiger partial charge on any atom is 0.264 e. The summed E-state index contributed by atoms with van der Waals surface area (Å²) >= 11 is 0. The molecule has 0 spiro atoms. The van der Waals surface area contributed by atoms with Gasteiger partial charge in [0.25, 0.3) is 15.9 Å². The number of carbonyl (C=O) groups excluding carboxylic acids is 1. The van der Waals surface area contributed by atoms with E-state index in [1.165, 1.54) is 17.8 Å². The second kappa shape index (κ2) is 10.3. The lowest BCUT2D eigenvalue weighted by atomic mass is 9.92. The normalized spacial score (nSPS) is 19.7. The first-order chi connectivity index (χ1) is 14.8. The van der Waals surface area contributed by atoms with E-state index in [-0.39, 0.29) is 10.8 Å². The Morgan fingerprint density at radius 1 is 1.06 bits per heavy atom. The van der Waals surface area contributed by atoms with Crippen LogP contribution in [0.15, 0.2) is 59.5 Å². The Balaban J connectivity index is 1.56. The van der Waals surface area contributed by atoms with E-state index in [0.717, 1.165) is 37.9 Å². The second-order valence-corrected chi connectivity index (χ2v) is 10.6. The molecule has 1 N–H and O–H groups in total. The predicted molar refractivity (Wildman–Crippen MR) is 125 cm³/mol. The fourth-order valence-corrected chi connectivity index (χ4v) is 5.52. The highest BCUT2D eigenvalue weighted by Gasteiger charge is 2.22. The van der Waals surface area contributed by atoms with Crippen LogP contribution in [0.5, 0.6) is 0 Å². The first-order valence-corrected chi connectivity index (χ1v) is 12.4. The zero-order chi connectivity index (χ0) is 22.4. The summed E-state index contributed by atoms with van der Waals surface area (Å²) in [6.07, 6.45) is 2.19. The number of amides is 1. The summed E-state index contributed by atoms with van der Waals surface area (Å²) in [7, 11) is -2.18. The number of rotatable bonds is 8. The number of hydrogen-bond acceptors (Lipinski definition) is 4. The molecule has 1 fully saturated rings. The van der Waals surface area contributed by atoms with Crippen LogP contribution in [0.3, 0.4) is 0 Å². The van der Waals surface area contributed by atoms with Gasteiger partial charge < -0.3 is 10.2 Å². The standard InChI is InChI=1S/C24H33N3O3S/c1-19-15-20(2)18-27(17-19)14-8-13-25-24(28)21-9-7-10-22(16-21)26(3)31(29,30)23-11-5-4-6-12-23/h4-7,9-12,16,19-20H,8,13-15,17-18H2,1-3H3,(H,25,28). The van der Waals surface area contributed by atoms with E-state index < -0.39 is 10.0 Å². The van der Waals surface area contributed by atoms with Crippen LogP contribution < -0.4 is 9.62 Å². The Hall–Kier alpha value is -2.38. The second-order valence-electron chi connectivity index (χ2n) is 8.65. The van der Waals surface area contributed by atoms with Crippen molar-refractivity contribution in [3.8, 4) is 0 Å². The number of carbonyl (C=O) groups is 1. The van der Waals surface area contributed by atoms with E-state index in [4.69, 9.17) is 0 Å². The number of anilines is 1. The number of hydrogen-bond donors (Lipinski definition) is 1. The summed E-state index contributed by atoms with van der Waals surface area (Å²) in [4.78, 5) is 15.3. The van der Waals surface area contributed by atoms with Crippen LogP contribution in [0.25, 0.3) is 0 Å². The van der Waals surface area contributed by atoms with Gasteiger partial charge in [0.05, 0.1) is 10.6 Å². The Morgan fingerprint density at radius 2 is 1.74 bits per heavy atom. The maximum absolute atomic E-state index is 12.8. The molecule has 0 radical (unpaired) electrons. The van der Waals surface area contributed by atoms with E-state index in [1.807, 2.05) is 0 Å². The molecule has 0 saturated carbocycles. The average molecular weight is 444 g/mol. The highest BCUT2D eigenvalue weighted by atomic mass is 32.2. The minimum absolute atomic E-state index is 0.187. The number of benzene rings is 2. The van der Waals surface area contributed by atoms with Crippen molar-refractivity contribution in [3.63, 3.8) is 0 Å². The van der Waals surface area contributed by atoms with Gasteiger partial charge in [-0.3, -0.25) is 9.10 Å². The topological polar surface area (TPSA) is 69.7 Å². The van der Waals surface area contributed by atoms with Crippen molar-refractivity contribution in [2.24, 2.45) is 11.8 Å². The highest BCUT2D eigenvalue weighted by molar-refractivity contribution is 7.92. The van der Waals surface area contributed by atoms with Crippen LogP contribution in [0, 0.1) is 11.8 Å². The van der Waals surface area contributed by atoms with Gasteiger partial charge in [-0.25, -0.2) is 8.42 Å². The van der Waals surface area contributed by atoms with Crippen LogP contribution in [0.1, 0.15) is 37.0 Å². The van der Waals surface area contributed by atoms with Crippen LogP contribution in [0.2, 0.25) is 0 Å². The van der Waals surface area contributed by atoms with Crippen LogP contribution >= 0.6 is 0 Å².